The number of para-hydroxylation sites is 1. The number of benzene rings is 2. The van der Waals surface area contributed by atoms with Crippen LogP contribution in [0.25, 0.3) is 0 Å². The number of carbonyl (C=O) groups is 1. The molecular formula is C26H34F3N3O2S. The molecule has 2 aromatic carbocycles. The van der Waals surface area contributed by atoms with Crippen molar-refractivity contribution in [2.75, 3.05) is 43.9 Å². The van der Waals surface area contributed by atoms with Gasteiger partial charge in [-0.1, -0.05) is 18.2 Å². The van der Waals surface area contributed by atoms with Crippen LogP contribution in [-0.2, 0) is 13.0 Å². The number of nitrogens with one attached hydrogen (secondary N) is 2. The van der Waals surface area contributed by atoms with Gasteiger partial charge in [0, 0.05) is 36.4 Å². The third-order valence-electron chi connectivity index (χ3n) is 6.29. The highest BCUT2D eigenvalue weighted by Gasteiger charge is 2.29. The third kappa shape index (κ3) is 8.07. The lowest BCUT2D eigenvalue weighted by Gasteiger charge is -2.32. The van der Waals surface area contributed by atoms with E-state index < -0.39 is 12.8 Å². The molecule has 1 saturated heterocycles. The highest BCUT2D eigenvalue weighted by Crippen LogP contribution is 2.31. The molecule has 5 nitrogen and oxygen atoms in total. The quantitative estimate of drug-likeness (QED) is 0.467. The number of carbonyl (C=O) groups excluding carboxylic acids is 1. The Labute approximate surface area is 210 Å². The predicted molar refractivity (Wildman–Crippen MR) is 137 cm³/mol. The largest absolute Gasteiger partial charge is 0.484 e. The maximum Gasteiger partial charge on any atom is 0.422 e. The van der Waals surface area contributed by atoms with Crippen LogP contribution >= 0.6 is 12.6 Å². The lowest BCUT2D eigenvalue weighted by atomic mass is 9.97. The van der Waals surface area contributed by atoms with Gasteiger partial charge in [0.15, 0.2) is 6.61 Å². The van der Waals surface area contributed by atoms with Crippen LogP contribution in [0.2, 0.25) is 0 Å². The third-order valence-corrected chi connectivity index (χ3v) is 6.29. The van der Waals surface area contributed by atoms with Crippen LogP contribution < -0.4 is 20.3 Å². The molecule has 2 N–H and O–H groups in total. The Kier molecular flexibility index (Phi) is 10.2. The SMILES string of the molecule is CS.O=C(NCC1CCNCC1)c1ccc2c(c1)CCCN2Cc1ccccc1OCC(F)(F)F. The van der Waals surface area contributed by atoms with Crippen LogP contribution in [0.15, 0.2) is 42.5 Å². The van der Waals surface area contributed by atoms with Crippen LogP contribution in [0.1, 0.15) is 40.7 Å². The second-order valence-corrected chi connectivity index (χ2v) is 8.78. The summed E-state index contributed by atoms with van der Waals surface area (Å²) in [5.74, 6) is 0.707. The minimum Gasteiger partial charge on any atom is -0.484 e. The first-order valence-corrected chi connectivity index (χ1v) is 12.9. The Morgan fingerprint density at radius 2 is 1.91 bits per heavy atom. The van der Waals surface area contributed by atoms with Crippen LogP contribution in [0.4, 0.5) is 18.9 Å². The van der Waals surface area contributed by atoms with Crippen molar-refractivity contribution >= 4 is 24.2 Å². The number of hydrogen-bond acceptors (Lipinski definition) is 5. The number of anilines is 1. The molecule has 2 aromatic rings. The van der Waals surface area contributed by atoms with Gasteiger partial charge < -0.3 is 20.3 Å². The first kappa shape index (κ1) is 27.2. The highest BCUT2D eigenvalue weighted by molar-refractivity contribution is 7.79. The molecular weight excluding hydrogens is 475 g/mol. The second kappa shape index (κ2) is 13.1. The Morgan fingerprint density at radius 1 is 1.17 bits per heavy atom. The van der Waals surface area contributed by atoms with Crippen molar-refractivity contribution in [3.8, 4) is 5.75 Å². The molecule has 0 aliphatic carbocycles. The molecule has 2 heterocycles. The number of halogens is 3. The van der Waals surface area contributed by atoms with E-state index in [1.54, 1.807) is 30.5 Å². The molecule has 0 saturated carbocycles. The molecule has 192 valence electrons. The lowest BCUT2D eigenvalue weighted by Crippen LogP contribution is -2.36. The van der Waals surface area contributed by atoms with E-state index in [0.29, 0.717) is 30.1 Å². The average Bonchev–Trinajstić information content (AvgIpc) is 2.88. The van der Waals surface area contributed by atoms with Gasteiger partial charge in [0.2, 0.25) is 0 Å². The van der Waals surface area contributed by atoms with Gasteiger partial charge in [0.05, 0.1) is 0 Å². The molecule has 2 aliphatic rings. The number of nitrogens with zero attached hydrogens (tertiary/aromatic N) is 1. The molecule has 4 rings (SSSR count). The summed E-state index contributed by atoms with van der Waals surface area (Å²) >= 11 is 3.53. The maximum absolute atomic E-state index is 12.7. The summed E-state index contributed by atoms with van der Waals surface area (Å²) < 4.78 is 42.9. The number of aryl methyl sites for hydroxylation is 1. The van der Waals surface area contributed by atoms with E-state index in [1.165, 1.54) is 0 Å². The van der Waals surface area contributed by atoms with Gasteiger partial charge in [-0.15, -0.1) is 0 Å². The van der Waals surface area contributed by atoms with Crippen LogP contribution in [0.5, 0.6) is 5.75 Å². The Balaban J connectivity index is 0.00000167. The number of piperidine rings is 1. The molecule has 1 amide bonds. The van der Waals surface area contributed by atoms with Crippen molar-refractivity contribution in [1.29, 1.82) is 0 Å². The van der Waals surface area contributed by atoms with E-state index in [2.05, 4.69) is 28.2 Å². The highest BCUT2D eigenvalue weighted by atomic mass is 32.1. The summed E-state index contributed by atoms with van der Waals surface area (Å²) in [6.07, 6.45) is 1.25. The van der Waals surface area contributed by atoms with Gasteiger partial charge >= 0.3 is 6.18 Å². The van der Waals surface area contributed by atoms with E-state index in [-0.39, 0.29) is 11.7 Å². The second-order valence-electron chi connectivity index (χ2n) is 8.78. The summed E-state index contributed by atoms with van der Waals surface area (Å²) in [6.45, 7) is 2.62. The van der Waals surface area contributed by atoms with E-state index in [1.807, 2.05) is 18.2 Å². The van der Waals surface area contributed by atoms with Crippen molar-refractivity contribution in [2.45, 2.75) is 38.4 Å². The van der Waals surface area contributed by atoms with Crippen molar-refractivity contribution in [3.05, 3.63) is 59.2 Å². The van der Waals surface area contributed by atoms with Gasteiger partial charge in [-0.2, -0.15) is 25.8 Å². The average molecular weight is 510 g/mol. The zero-order valence-corrected chi connectivity index (χ0v) is 20.9. The van der Waals surface area contributed by atoms with Crippen molar-refractivity contribution in [1.82, 2.24) is 10.6 Å². The zero-order valence-electron chi connectivity index (χ0n) is 20.0. The van der Waals surface area contributed by atoms with Crippen LogP contribution in [0.3, 0.4) is 0 Å². The van der Waals surface area contributed by atoms with Crippen molar-refractivity contribution in [2.24, 2.45) is 5.92 Å². The lowest BCUT2D eigenvalue weighted by molar-refractivity contribution is -0.153. The fourth-order valence-corrected chi connectivity index (χ4v) is 4.55. The van der Waals surface area contributed by atoms with Crippen LogP contribution in [-0.4, -0.2) is 51.1 Å². The van der Waals surface area contributed by atoms with E-state index in [4.69, 9.17) is 4.74 Å². The summed E-state index contributed by atoms with van der Waals surface area (Å²) in [4.78, 5) is 14.8. The van der Waals surface area contributed by atoms with Gasteiger partial charge in [-0.25, -0.2) is 0 Å². The van der Waals surface area contributed by atoms with Gasteiger partial charge in [0.25, 0.3) is 5.91 Å². The number of alkyl halides is 3. The predicted octanol–water partition coefficient (Wildman–Crippen LogP) is 4.86. The molecule has 0 unspecified atom stereocenters. The van der Waals surface area contributed by atoms with E-state index in [0.717, 1.165) is 56.6 Å². The fraction of sp³-hybridized carbons (Fsp3) is 0.500. The Morgan fingerprint density at radius 3 is 2.66 bits per heavy atom. The number of ether oxygens (including phenoxy) is 1. The normalized spacial score (nSPS) is 16.1. The number of rotatable bonds is 7. The fourth-order valence-electron chi connectivity index (χ4n) is 4.55. The number of amides is 1. The molecule has 0 atom stereocenters. The first-order chi connectivity index (χ1) is 16.9. The minimum atomic E-state index is -4.38. The number of hydrogen-bond donors (Lipinski definition) is 3. The van der Waals surface area contributed by atoms with Gasteiger partial charge in [0.1, 0.15) is 5.75 Å². The summed E-state index contributed by atoms with van der Waals surface area (Å²) in [6, 6.07) is 12.6. The summed E-state index contributed by atoms with van der Waals surface area (Å²) in [5.41, 5.74) is 3.46. The van der Waals surface area contributed by atoms with Crippen molar-refractivity contribution in [3.63, 3.8) is 0 Å². The maximum atomic E-state index is 12.7. The molecule has 35 heavy (non-hydrogen) atoms. The number of fused-ring (bicyclic) bond motifs is 1. The smallest absolute Gasteiger partial charge is 0.422 e. The first-order valence-electron chi connectivity index (χ1n) is 12.0. The Hall–Kier alpha value is -2.39. The molecule has 9 heteroatoms. The monoisotopic (exact) mass is 509 g/mol. The molecule has 0 aromatic heterocycles. The summed E-state index contributed by atoms with van der Waals surface area (Å²) in [5, 5.41) is 6.40. The van der Waals surface area contributed by atoms with Crippen LogP contribution in [0, 0.1) is 5.92 Å². The summed E-state index contributed by atoms with van der Waals surface area (Å²) in [7, 11) is 0. The molecule has 0 bridgehead atoms. The molecule has 1 fully saturated rings. The molecule has 2 aliphatic heterocycles. The number of thiol groups is 1. The van der Waals surface area contributed by atoms with Gasteiger partial charge in [-0.05, 0) is 80.8 Å². The minimum absolute atomic E-state index is 0.0562. The molecule has 0 radical (unpaired) electrons. The molecule has 0 spiro atoms. The Bertz CT molecular complexity index is 965. The van der Waals surface area contributed by atoms with E-state index in [9.17, 15) is 18.0 Å². The van der Waals surface area contributed by atoms with Crippen molar-refractivity contribution < 1.29 is 22.7 Å². The van der Waals surface area contributed by atoms with E-state index >= 15 is 0 Å². The topological polar surface area (TPSA) is 53.6 Å². The zero-order chi connectivity index (χ0) is 25.3. The van der Waals surface area contributed by atoms with Gasteiger partial charge in [-0.3, -0.25) is 4.79 Å². The standard InChI is InChI=1S/C25H30F3N3O2.CH4S/c26-25(27,28)17-33-23-6-2-1-4-21(23)16-31-13-3-5-19-14-20(7-8-22(19)31)24(32)30-15-18-9-11-29-12-10-18;1-2/h1-2,4,6-8,14,18,29H,3,5,9-13,15-17H2,(H,30,32);2H,1H3.